The zero-order valence-corrected chi connectivity index (χ0v) is 11.4. The highest BCUT2D eigenvalue weighted by molar-refractivity contribution is 4.93. The van der Waals surface area contributed by atoms with E-state index in [1.807, 2.05) is 0 Å². The van der Waals surface area contributed by atoms with Gasteiger partial charge in [-0.3, -0.25) is 0 Å². The number of nitrogens with two attached hydrogens (primary N) is 1. The highest BCUT2D eigenvalue weighted by Crippen LogP contribution is 2.39. The second kappa shape index (κ2) is 5.48. The van der Waals surface area contributed by atoms with Crippen molar-refractivity contribution < 1.29 is 9.47 Å². The van der Waals surface area contributed by atoms with E-state index in [1.165, 1.54) is 32.1 Å². The Morgan fingerprint density at radius 2 is 2.00 bits per heavy atom. The van der Waals surface area contributed by atoms with Crippen molar-refractivity contribution in [3.8, 4) is 0 Å². The van der Waals surface area contributed by atoms with Gasteiger partial charge in [-0.25, -0.2) is 0 Å². The molecule has 2 saturated heterocycles. The van der Waals surface area contributed by atoms with Crippen molar-refractivity contribution in [3.63, 3.8) is 0 Å². The molecule has 3 aliphatic rings. The monoisotopic (exact) mass is 253 g/mol. The zero-order chi connectivity index (χ0) is 12.4. The minimum absolute atomic E-state index is 0.0240. The molecule has 3 nitrogen and oxygen atoms in total. The van der Waals surface area contributed by atoms with Crippen molar-refractivity contribution >= 4 is 0 Å². The summed E-state index contributed by atoms with van der Waals surface area (Å²) in [5, 5.41) is 0. The standard InChI is InChI=1S/C15H27NO2/c16-14(9-12-3-1-2-4-12)13-5-7-18-15(10-13)6-8-17-11-15/h12-14H,1-11,16H2. The summed E-state index contributed by atoms with van der Waals surface area (Å²) in [6.45, 7) is 2.54. The first-order valence-electron chi connectivity index (χ1n) is 7.75. The van der Waals surface area contributed by atoms with E-state index >= 15 is 0 Å². The Morgan fingerprint density at radius 3 is 2.72 bits per heavy atom. The van der Waals surface area contributed by atoms with Crippen molar-refractivity contribution in [1.29, 1.82) is 0 Å². The van der Waals surface area contributed by atoms with Crippen LogP contribution in [0.3, 0.4) is 0 Å². The average Bonchev–Trinajstić information content (AvgIpc) is 3.02. The van der Waals surface area contributed by atoms with Gasteiger partial charge in [0, 0.05) is 25.7 Å². The maximum absolute atomic E-state index is 6.48. The number of rotatable bonds is 3. The number of hydrogen-bond acceptors (Lipinski definition) is 3. The van der Waals surface area contributed by atoms with E-state index in [0.717, 1.165) is 45.0 Å². The summed E-state index contributed by atoms with van der Waals surface area (Å²) in [6, 6.07) is 0.384. The quantitative estimate of drug-likeness (QED) is 0.840. The molecule has 0 amide bonds. The molecule has 0 radical (unpaired) electrons. The maximum atomic E-state index is 6.48. The molecule has 0 aromatic heterocycles. The molecule has 18 heavy (non-hydrogen) atoms. The Bertz CT molecular complexity index is 270. The molecule has 3 atom stereocenters. The van der Waals surface area contributed by atoms with Crippen LogP contribution in [-0.2, 0) is 9.47 Å². The van der Waals surface area contributed by atoms with Crippen LogP contribution in [0, 0.1) is 11.8 Å². The van der Waals surface area contributed by atoms with E-state index in [2.05, 4.69) is 0 Å². The normalized spacial score (nSPS) is 39.5. The summed E-state index contributed by atoms with van der Waals surface area (Å²) in [5.74, 6) is 1.56. The first-order chi connectivity index (χ1) is 8.77. The molecule has 2 heterocycles. The van der Waals surface area contributed by atoms with E-state index in [1.54, 1.807) is 0 Å². The summed E-state index contributed by atoms with van der Waals surface area (Å²) >= 11 is 0. The minimum atomic E-state index is 0.0240. The van der Waals surface area contributed by atoms with Gasteiger partial charge in [0.25, 0.3) is 0 Å². The van der Waals surface area contributed by atoms with Crippen LogP contribution >= 0.6 is 0 Å². The summed E-state index contributed by atoms with van der Waals surface area (Å²) in [5.41, 5.74) is 6.51. The third-order valence-electron chi connectivity index (χ3n) is 5.28. The first kappa shape index (κ1) is 12.9. The highest BCUT2D eigenvalue weighted by Gasteiger charge is 2.42. The fraction of sp³-hybridized carbons (Fsp3) is 1.00. The molecule has 104 valence electrons. The van der Waals surface area contributed by atoms with Gasteiger partial charge in [-0.15, -0.1) is 0 Å². The van der Waals surface area contributed by atoms with Crippen molar-refractivity contribution in [2.24, 2.45) is 17.6 Å². The third-order valence-corrected chi connectivity index (χ3v) is 5.28. The summed E-state index contributed by atoms with van der Waals surface area (Å²) in [4.78, 5) is 0. The topological polar surface area (TPSA) is 44.5 Å². The van der Waals surface area contributed by atoms with Gasteiger partial charge in [-0.05, 0) is 31.1 Å². The molecular formula is C15H27NO2. The molecule has 0 bridgehead atoms. The molecule has 0 aromatic carbocycles. The maximum Gasteiger partial charge on any atom is 0.0939 e. The Kier molecular flexibility index (Phi) is 3.92. The van der Waals surface area contributed by atoms with Crippen LogP contribution in [0.2, 0.25) is 0 Å². The van der Waals surface area contributed by atoms with Gasteiger partial charge >= 0.3 is 0 Å². The lowest BCUT2D eigenvalue weighted by atomic mass is 9.78. The Labute approximate surface area is 110 Å². The van der Waals surface area contributed by atoms with Gasteiger partial charge in [0.15, 0.2) is 0 Å². The Balaban J connectivity index is 1.54. The van der Waals surface area contributed by atoms with Crippen LogP contribution in [-0.4, -0.2) is 31.5 Å². The van der Waals surface area contributed by atoms with E-state index in [9.17, 15) is 0 Å². The fourth-order valence-corrected chi connectivity index (χ4v) is 4.12. The average molecular weight is 253 g/mol. The van der Waals surface area contributed by atoms with Crippen LogP contribution in [0.25, 0.3) is 0 Å². The van der Waals surface area contributed by atoms with Crippen molar-refractivity contribution in [2.45, 2.75) is 63.0 Å². The van der Waals surface area contributed by atoms with Gasteiger partial charge in [0.05, 0.1) is 12.2 Å². The van der Waals surface area contributed by atoms with Crippen LogP contribution in [0.1, 0.15) is 51.4 Å². The number of ether oxygens (including phenoxy) is 2. The lowest BCUT2D eigenvalue weighted by Gasteiger charge is -2.40. The van der Waals surface area contributed by atoms with Gasteiger partial charge < -0.3 is 15.2 Å². The minimum Gasteiger partial charge on any atom is -0.378 e. The van der Waals surface area contributed by atoms with Crippen LogP contribution in [0.4, 0.5) is 0 Å². The number of hydrogen-bond donors (Lipinski definition) is 1. The van der Waals surface area contributed by atoms with E-state index < -0.39 is 0 Å². The van der Waals surface area contributed by atoms with Gasteiger partial charge in [0.2, 0.25) is 0 Å². The molecular weight excluding hydrogens is 226 g/mol. The lowest BCUT2D eigenvalue weighted by Crippen LogP contribution is -2.46. The molecule has 2 aliphatic heterocycles. The zero-order valence-electron chi connectivity index (χ0n) is 11.4. The molecule has 1 aliphatic carbocycles. The van der Waals surface area contributed by atoms with Gasteiger partial charge in [0.1, 0.15) is 0 Å². The molecule has 2 N–H and O–H groups in total. The highest BCUT2D eigenvalue weighted by atomic mass is 16.6. The van der Waals surface area contributed by atoms with E-state index in [0.29, 0.717) is 12.0 Å². The molecule has 3 fully saturated rings. The summed E-state index contributed by atoms with van der Waals surface area (Å²) in [7, 11) is 0. The van der Waals surface area contributed by atoms with Crippen molar-refractivity contribution in [1.82, 2.24) is 0 Å². The second-order valence-corrected chi connectivity index (χ2v) is 6.64. The summed E-state index contributed by atoms with van der Waals surface area (Å²) < 4.78 is 11.5. The molecule has 1 saturated carbocycles. The van der Waals surface area contributed by atoms with E-state index in [4.69, 9.17) is 15.2 Å². The molecule has 1 spiro atoms. The van der Waals surface area contributed by atoms with Crippen LogP contribution < -0.4 is 5.73 Å². The molecule has 3 unspecified atom stereocenters. The van der Waals surface area contributed by atoms with Crippen molar-refractivity contribution in [3.05, 3.63) is 0 Å². The largest absolute Gasteiger partial charge is 0.378 e. The fourth-order valence-electron chi connectivity index (χ4n) is 4.12. The van der Waals surface area contributed by atoms with Gasteiger partial charge in [-0.2, -0.15) is 0 Å². The van der Waals surface area contributed by atoms with Crippen LogP contribution in [0.5, 0.6) is 0 Å². The Hall–Kier alpha value is -0.120. The SMILES string of the molecule is NC(CC1CCCC1)C1CCOC2(CCOC2)C1. The first-order valence-corrected chi connectivity index (χ1v) is 7.75. The van der Waals surface area contributed by atoms with Gasteiger partial charge in [-0.1, -0.05) is 25.7 Å². The summed E-state index contributed by atoms with van der Waals surface area (Å²) in [6.07, 6.45) is 10.2. The predicted octanol–water partition coefficient (Wildman–Crippen LogP) is 2.48. The van der Waals surface area contributed by atoms with Crippen molar-refractivity contribution in [2.75, 3.05) is 19.8 Å². The van der Waals surface area contributed by atoms with E-state index in [-0.39, 0.29) is 5.60 Å². The second-order valence-electron chi connectivity index (χ2n) is 6.64. The Morgan fingerprint density at radius 1 is 1.17 bits per heavy atom. The molecule has 3 rings (SSSR count). The molecule has 0 aromatic rings. The molecule has 3 heteroatoms. The predicted molar refractivity (Wildman–Crippen MR) is 71.4 cm³/mol. The lowest BCUT2D eigenvalue weighted by molar-refractivity contribution is -0.102. The third kappa shape index (κ3) is 2.73. The van der Waals surface area contributed by atoms with Crippen LogP contribution in [0.15, 0.2) is 0 Å². The smallest absolute Gasteiger partial charge is 0.0939 e.